The molecule has 0 bridgehead atoms. The zero-order valence-corrected chi connectivity index (χ0v) is 11.9. The summed E-state index contributed by atoms with van der Waals surface area (Å²) in [6, 6.07) is 3.38. The Kier molecular flexibility index (Phi) is 5.18. The molecule has 19 heavy (non-hydrogen) atoms. The minimum atomic E-state index is -0.183. The van der Waals surface area contributed by atoms with Gasteiger partial charge >= 0.3 is 0 Å². The fraction of sp³-hybridized carbons (Fsp3) is 0.385. The topological polar surface area (TPSA) is 64.2 Å². The molecule has 0 fully saturated rings. The molecule has 1 N–H and O–H groups in total. The Balaban J connectivity index is 0.00000180. The van der Waals surface area contributed by atoms with Gasteiger partial charge in [-0.25, -0.2) is 4.98 Å². The number of benzene rings is 1. The van der Waals surface area contributed by atoms with E-state index in [1.165, 1.54) is 6.33 Å². The first-order valence-electron chi connectivity index (χ1n) is 5.80. The fourth-order valence-corrected chi connectivity index (χ4v) is 1.60. The van der Waals surface area contributed by atoms with Crippen LogP contribution in [-0.4, -0.2) is 23.7 Å². The van der Waals surface area contributed by atoms with Crippen molar-refractivity contribution >= 4 is 23.3 Å². The molecule has 104 valence electrons. The molecule has 1 aromatic heterocycles. The van der Waals surface area contributed by atoms with E-state index in [0.717, 1.165) is 0 Å². The minimum absolute atomic E-state index is 0. The second-order valence-electron chi connectivity index (χ2n) is 4.46. The van der Waals surface area contributed by atoms with Gasteiger partial charge in [0.25, 0.3) is 5.56 Å². The minimum Gasteiger partial charge on any atom is -0.493 e. The molecule has 0 saturated carbocycles. The smallest absolute Gasteiger partial charge is 0.258 e. The lowest BCUT2D eigenvalue weighted by molar-refractivity contribution is 0.257. The van der Waals surface area contributed by atoms with Crippen LogP contribution in [0.25, 0.3) is 10.9 Å². The van der Waals surface area contributed by atoms with E-state index in [4.69, 9.17) is 9.47 Å². The zero-order chi connectivity index (χ0) is 13.1. The first kappa shape index (κ1) is 15.3. The highest BCUT2D eigenvalue weighted by molar-refractivity contribution is 5.85. The third kappa shape index (κ3) is 3.38. The fourth-order valence-electron chi connectivity index (χ4n) is 1.60. The predicted molar refractivity (Wildman–Crippen MR) is 76.5 cm³/mol. The van der Waals surface area contributed by atoms with Crippen LogP contribution in [0.1, 0.15) is 13.8 Å². The summed E-state index contributed by atoms with van der Waals surface area (Å²) in [5.41, 5.74) is 0.407. The van der Waals surface area contributed by atoms with Crippen molar-refractivity contribution in [2.24, 2.45) is 5.92 Å². The van der Waals surface area contributed by atoms with Crippen molar-refractivity contribution < 1.29 is 9.47 Å². The molecule has 1 heterocycles. The van der Waals surface area contributed by atoms with Gasteiger partial charge in [-0.15, -0.1) is 12.4 Å². The van der Waals surface area contributed by atoms with Crippen molar-refractivity contribution in [1.82, 2.24) is 9.97 Å². The van der Waals surface area contributed by atoms with Crippen molar-refractivity contribution in [2.45, 2.75) is 13.8 Å². The second kappa shape index (κ2) is 6.43. The quantitative estimate of drug-likeness (QED) is 0.936. The van der Waals surface area contributed by atoms with Crippen LogP contribution < -0.4 is 15.0 Å². The largest absolute Gasteiger partial charge is 0.493 e. The lowest BCUT2D eigenvalue weighted by atomic mass is 10.2. The molecular formula is C13H17ClN2O3. The summed E-state index contributed by atoms with van der Waals surface area (Å²) in [7, 11) is 1.57. The SMILES string of the molecule is COc1cc2nc[nH]c(=O)c2cc1OCC(C)C.Cl. The number of hydrogen-bond donors (Lipinski definition) is 1. The van der Waals surface area contributed by atoms with Crippen molar-refractivity contribution in [3.05, 3.63) is 28.8 Å². The van der Waals surface area contributed by atoms with Crippen LogP contribution in [-0.2, 0) is 0 Å². The van der Waals surface area contributed by atoms with Crippen LogP contribution in [0.5, 0.6) is 11.5 Å². The van der Waals surface area contributed by atoms with Crippen LogP contribution in [0.3, 0.4) is 0 Å². The molecular weight excluding hydrogens is 268 g/mol. The van der Waals surface area contributed by atoms with Crippen LogP contribution in [0, 0.1) is 5.92 Å². The van der Waals surface area contributed by atoms with Crippen LogP contribution in [0.15, 0.2) is 23.3 Å². The maximum absolute atomic E-state index is 11.7. The summed E-state index contributed by atoms with van der Waals surface area (Å²) in [5.74, 6) is 1.55. The van der Waals surface area contributed by atoms with Crippen molar-refractivity contribution in [3.63, 3.8) is 0 Å². The van der Waals surface area contributed by atoms with Gasteiger partial charge in [0.15, 0.2) is 11.5 Å². The average Bonchev–Trinajstić information content (AvgIpc) is 2.36. The van der Waals surface area contributed by atoms with E-state index in [9.17, 15) is 4.79 Å². The highest BCUT2D eigenvalue weighted by Crippen LogP contribution is 2.30. The van der Waals surface area contributed by atoms with E-state index in [-0.39, 0.29) is 18.0 Å². The number of aromatic amines is 1. The summed E-state index contributed by atoms with van der Waals surface area (Å²) in [6.07, 6.45) is 1.37. The summed E-state index contributed by atoms with van der Waals surface area (Å²) in [6.45, 7) is 4.68. The Bertz CT molecular complexity index is 610. The van der Waals surface area contributed by atoms with Gasteiger partial charge in [0.2, 0.25) is 0 Å². The monoisotopic (exact) mass is 284 g/mol. The first-order chi connectivity index (χ1) is 8.61. The number of aromatic nitrogens is 2. The van der Waals surface area contributed by atoms with E-state index in [1.54, 1.807) is 19.2 Å². The molecule has 0 aliphatic rings. The number of methoxy groups -OCH3 is 1. The molecule has 2 rings (SSSR count). The normalized spacial score (nSPS) is 10.3. The lowest BCUT2D eigenvalue weighted by Crippen LogP contribution is -2.09. The van der Waals surface area contributed by atoms with E-state index in [2.05, 4.69) is 23.8 Å². The summed E-state index contributed by atoms with van der Waals surface area (Å²) in [5, 5.41) is 0.497. The number of halogens is 1. The highest BCUT2D eigenvalue weighted by atomic mass is 35.5. The lowest BCUT2D eigenvalue weighted by Gasteiger charge is -2.12. The van der Waals surface area contributed by atoms with Gasteiger partial charge in [-0.3, -0.25) is 4.79 Å². The summed E-state index contributed by atoms with van der Waals surface area (Å²) < 4.78 is 10.9. The van der Waals surface area contributed by atoms with E-state index < -0.39 is 0 Å². The average molecular weight is 285 g/mol. The molecule has 0 aliphatic heterocycles. The third-order valence-electron chi connectivity index (χ3n) is 2.50. The first-order valence-corrected chi connectivity index (χ1v) is 5.80. The summed E-state index contributed by atoms with van der Waals surface area (Å²) in [4.78, 5) is 18.3. The molecule has 0 amide bonds. The number of fused-ring (bicyclic) bond motifs is 1. The van der Waals surface area contributed by atoms with Crippen molar-refractivity contribution in [3.8, 4) is 11.5 Å². The molecule has 0 saturated heterocycles. The molecule has 6 heteroatoms. The Labute approximate surface area is 117 Å². The number of H-pyrrole nitrogens is 1. The number of nitrogens with zero attached hydrogens (tertiary/aromatic N) is 1. The zero-order valence-electron chi connectivity index (χ0n) is 11.1. The van der Waals surface area contributed by atoms with E-state index in [1.807, 2.05) is 0 Å². The summed E-state index contributed by atoms with van der Waals surface area (Å²) >= 11 is 0. The number of hydrogen-bond acceptors (Lipinski definition) is 4. The van der Waals surface area contributed by atoms with Gasteiger partial charge in [0.1, 0.15) is 0 Å². The standard InChI is InChI=1S/C13H16N2O3.ClH/c1-8(2)6-18-12-4-9-10(5-11(12)17-3)14-7-15-13(9)16;/h4-5,7-8H,6H2,1-3H3,(H,14,15,16);1H. The molecule has 1 aromatic carbocycles. The maximum Gasteiger partial charge on any atom is 0.258 e. The van der Waals surface area contributed by atoms with Gasteiger partial charge in [0, 0.05) is 6.07 Å². The molecule has 5 nitrogen and oxygen atoms in total. The maximum atomic E-state index is 11.7. The third-order valence-corrected chi connectivity index (χ3v) is 2.50. The Morgan fingerprint density at radius 3 is 2.68 bits per heavy atom. The molecule has 0 atom stereocenters. The van der Waals surface area contributed by atoms with Crippen LogP contribution in [0.2, 0.25) is 0 Å². The Hall–Kier alpha value is -1.75. The number of nitrogens with one attached hydrogen (secondary N) is 1. The Morgan fingerprint density at radius 1 is 1.32 bits per heavy atom. The van der Waals surface area contributed by atoms with E-state index in [0.29, 0.717) is 34.9 Å². The molecule has 0 spiro atoms. The second-order valence-corrected chi connectivity index (χ2v) is 4.46. The number of rotatable bonds is 4. The van der Waals surface area contributed by atoms with Crippen LogP contribution in [0.4, 0.5) is 0 Å². The van der Waals surface area contributed by atoms with Gasteiger partial charge in [-0.05, 0) is 12.0 Å². The van der Waals surface area contributed by atoms with Gasteiger partial charge in [-0.2, -0.15) is 0 Å². The molecule has 0 radical (unpaired) electrons. The van der Waals surface area contributed by atoms with Gasteiger partial charge < -0.3 is 14.5 Å². The molecule has 2 aromatic rings. The van der Waals surface area contributed by atoms with Gasteiger partial charge in [0.05, 0.1) is 30.9 Å². The number of ether oxygens (including phenoxy) is 2. The highest BCUT2D eigenvalue weighted by Gasteiger charge is 2.10. The van der Waals surface area contributed by atoms with Crippen molar-refractivity contribution in [2.75, 3.05) is 13.7 Å². The van der Waals surface area contributed by atoms with Crippen LogP contribution >= 0.6 is 12.4 Å². The van der Waals surface area contributed by atoms with E-state index >= 15 is 0 Å². The molecule has 0 aliphatic carbocycles. The Morgan fingerprint density at radius 2 is 2.05 bits per heavy atom. The van der Waals surface area contributed by atoms with Crippen molar-refractivity contribution in [1.29, 1.82) is 0 Å². The van der Waals surface area contributed by atoms with Gasteiger partial charge in [-0.1, -0.05) is 13.8 Å². The predicted octanol–water partition coefficient (Wildman–Crippen LogP) is 2.39. The molecule has 0 unspecified atom stereocenters.